The zero-order chi connectivity index (χ0) is 9.68. The lowest BCUT2D eigenvalue weighted by atomic mass is 10.2. The lowest BCUT2D eigenvalue weighted by molar-refractivity contribution is 0.0702. The fraction of sp³-hybridized carbons (Fsp3) is 0.111. The van der Waals surface area contributed by atoms with E-state index in [0.29, 0.717) is 5.56 Å². The number of aromatic carboxylic acids is 1. The van der Waals surface area contributed by atoms with Gasteiger partial charge in [-0.15, -0.1) is 11.3 Å². The Labute approximate surface area is 79.2 Å². The summed E-state index contributed by atoms with van der Waals surface area (Å²) in [6, 6.07) is 3.50. The Morgan fingerprint density at radius 3 is 3.08 bits per heavy atom. The quantitative estimate of drug-likeness (QED) is 0.687. The Morgan fingerprint density at radius 1 is 1.69 bits per heavy atom. The highest BCUT2D eigenvalue weighted by molar-refractivity contribution is 7.12. The molecule has 0 spiro atoms. The SMILES string of the molecule is N#CCC#Cc1ccsc1C(=O)O. The zero-order valence-electron chi connectivity index (χ0n) is 6.57. The van der Waals surface area contributed by atoms with E-state index in [4.69, 9.17) is 10.4 Å². The van der Waals surface area contributed by atoms with Crippen molar-refractivity contribution in [2.75, 3.05) is 0 Å². The van der Waals surface area contributed by atoms with Crippen LogP contribution in [0.3, 0.4) is 0 Å². The van der Waals surface area contributed by atoms with E-state index in [9.17, 15) is 4.79 Å². The minimum Gasteiger partial charge on any atom is -0.477 e. The summed E-state index contributed by atoms with van der Waals surface area (Å²) >= 11 is 1.13. The average molecular weight is 191 g/mol. The third kappa shape index (κ3) is 2.33. The van der Waals surface area contributed by atoms with E-state index in [1.165, 1.54) is 0 Å². The van der Waals surface area contributed by atoms with Gasteiger partial charge in [0.15, 0.2) is 0 Å². The van der Waals surface area contributed by atoms with Gasteiger partial charge in [-0.3, -0.25) is 0 Å². The van der Waals surface area contributed by atoms with Crippen LogP contribution < -0.4 is 0 Å². The number of carboxylic acid groups (broad SMARTS) is 1. The Morgan fingerprint density at radius 2 is 2.46 bits per heavy atom. The molecule has 0 aliphatic rings. The second-order valence-electron chi connectivity index (χ2n) is 2.11. The smallest absolute Gasteiger partial charge is 0.347 e. The summed E-state index contributed by atoms with van der Waals surface area (Å²) in [7, 11) is 0. The topological polar surface area (TPSA) is 61.1 Å². The summed E-state index contributed by atoms with van der Waals surface area (Å²) in [6.07, 6.45) is 0.120. The van der Waals surface area contributed by atoms with Crippen LogP contribution in [0.5, 0.6) is 0 Å². The molecule has 1 heterocycles. The van der Waals surface area contributed by atoms with Crippen molar-refractivity contribution in [1.29, 1.82) is 5.26 Å². The first kappa shape index (κ1) is 9.31. The molecule has 0 aromatic carbocycles. The minimum absolute atomic E-state index is 0.120. The largest absolute Gasteiger partial charge is 0.477 e. The summed E-state index contributed by atoms with van der Waals surface area (Å²) in [4.78, 5) is 10.8. The predicted octanol–water partition coefficient (Wildman–Crippen LogP) is 1.71. The molecule has 1 aromatic rings. The van der Waals surface area contributed by atoms with Crippen LogP contribution in [0.1, 0.15) is 21.7 Å². The van der Waals surface area contributed by atoms with Crippen LogP contribution in [-0.2, 0) is 0 Å². The molecule has 0 aliphatic heterocycles. The highest BCUT2D eigenvalue weighted by Crippen LogP contribution is 2.15. The third-order valence-electron chi connectivity index (χ3n) is 1.25. The van der Waals surface area contributed by atoms with Gasteiger partial charge in [-0.2, -0.15) is 5.26 Å². The number of carbonyl (C=O) groups is 1. The molecule has 3 nitrogen and oxygen atoms in total. The molecule has 0 fully saturated rings. The molecule has 0 atom stereocenters. The van der Waals surface area contributed by atoms with Gasteiger partial charge in [-0.05, 0) is 11.4 Å². The Kier molecular flexibility index (Phi) is 3.08. The van der Waals surface area contributed by atoms with Gasteiger partial charge in [0, 0.05) is 5.56 Å². The van der Waals surface area contributed by atoms with Crippen LogP contribution in [0.2, 0.25) is 0 Å². The summed E-state index contributed by atoms with van der Waals surface area (Å²) in [6.45, 7) is 0. The van der Waals surface area contributed by atoms with Gasteiger partial charge in [0.2, 0.25) is 0 Å². The number of rotatable bonds is 1. The van der Waals surface area contributed by atoms with Gasteiger partial charge in [0.25, 0.3) is 0 Å². The van der Waals surface area contributed by atoms with Gasteiger partial charge in [-0.1, -0.05) is 11.8 Å². The summed E-state index contributed by atoms with van der Waals surface area (Å²) in [5.41, 5.74) is 0.479. The normalized spacial score (nSPS) is 8.23. The van der Waals surface area contributed by atoms with Gasteiger partial charge < -0.3 is 5.11 Å². The van der Waals surface area contributed by atoms with E-state index in [-0.39, 0.29) is 11.3 Å². The number of hydrogen-bond acceptors (Lipinski definition) is 3. The monoisotopic (exact) mass is 191 g/mol. The Hall–Kier alpha value is -1.78. The fourth-order valence-electron chi connectivity index (χ4n) is 0.752. The molecule has 0 saturated carbocycles. The first-order chi connectivity index (χ1) is 6.25. The van der Waals surface area contributed by atoms with Crippen molar-refractivity contribution in [3.63, 3.8) is 0 Å². The van der Waals surface area contributed by atoms with Crippen LogP contribution >= 0.6 is 11.3 Å². The van der Waals surface area contributed by atoms with Crippen molar-refractivity contribution in [3.8, 4) is 17.9 Å². The van der Waals surface area contributed by atoms with Gasteiger partial charge in [-0.25, -0.2) is 4.79 Å². The molecule has 1 rings (SSSR count). The highest BCUT2D eigenvalue weighted by atomic mass is 32.1. The van der Waals surface area contributed by atoms with E-state index >= 15 is 0 Å². The standard InChI is InChI=1S/C9H5NO2S/c10-5-2-1-3-7-4-6-13-8(7)9(11)12/h4,6H,2H2,(H,11,12). The van der Waals surface area contributed by atoms with Gasteiger partial charge in [0.05, 0.1) is 12.5 Å². The van der Waals surface area contributed by atoms with Crippen LogP contribution in [0.4, 0.5) is 0 Å². The maximum Gasteiger partial charge on any atom is 0.347 e. The molecule has 0 saturated heterocycles. The van der Waals surface area contributed by atoms with Crippen LogP contribution in [0.15, 0.2) is 11.4 Å². The molecule has 1 N–H and O–H groups in total. The van der Waals surface area contributed by atoms with Crippen LogP contribution in [0, 0.1) is 23.2 Å². The second-order valence-corrected chi connectivity index (χ2v) is 3.02. The Balaban J connectivity index is 2.92. The number of nitriles is 1. The molecule has 0 radical (unpaired) electrons. The number of nitrogens with zero attached hydrogens (tertiary/aromatic N) is 1. The van der Waals surface area contributed by atoms with E-state index in [2.05, 4.69) is 11.8 Å². The molecule has 64 valence electrons. The summed E-state index contributed by atoms with van der Waals surface area (Å²) in [5.74, 6) is 4.22. The van der Waals surface area contributed by atoms with Crippen molar-refractivity contribution in [1.82, 2.24) is 0 Å². The molecule has 0 aliphatic carbocycles. The second kappa shape index (κ2) is 4.30. The summed E-state index contributed by atoms with van der Waals surface area (Å²) in [5, 5.41) is 18.6. The number of carboxylic acids is 1. The molecule has 1 aromatic heterocycles. The third-order valence-corrected chi connectivity index (χ3v) is 2.15. The molecule has 13 heavy (non-hydrogen) atoms. The number of hydrogen-bond donors (Lipinski definition) is 1. The first-order valence-electron chi connectivity index (χ1n) is 3.42. The maximum atomic E-state index is 10.6. The molecule has 0 amide bonds. The number of thiophene rings is 1. The Bertz CT molecular complexity index is 417. The van der Waals surface area contributed by atoms with Gasteiger partial charge >= 0.3 is 5.97 Å². The molecular formula is C9H5NO2S. The first-order valence-corrected chi connectivity index (χ1v) is 4.30. The van der Waals surface area contributed by atoms with Crippen molar-refractivity contribution in [3.05, 3.63) is 21.9 Å². The van der Waals surface area contributed by atoms with E-state index in [1.54, 1.807) is 11.4 Å². The van der Waals surface area contributed by atoms with Crippen molar-refractivity contribution < 1.29 is 9.90 Å². The zero-order valence-corrected chi connectivity index (χ0v) is 7.39. The molecular weight excluding hydrogens is 186 g/mol. The predicted molar refractivity (Wildman–Crippen MR) is 48.4 cm³/mol. The molecule has 0 unspecified atom stereocenters. The van der Waals surface area contributed by atoms with Gasteiger partial charge in [0.1, 0.15) is 4.88 Å². The molecule has 0 bridgehead atoms. The average Bonchev–Trinajstić information content (AvgIpc) is 2.53. The molecule has 4 heteroatoms. The van der Waals surface area contributed by atoms with Crippen molar-refractivity contribution >= 4 is 17.3 Å². The highest BCUT2D eigenvalue weighted by Gasteiger charge is 2.08. The summed E-state index contributed by atoms with van der Waals surface area (Å²) < 4.78 is 0. The maximum absolute atomic E-state index is 10.6. The van der Waals surface area contributed by atoms with Crippen molar-refractivity contribution in [2.24, 2.45) is 0 Å². The lowest BCUT2D eigenvalue weighted by Gasteiger charge is -1.86. The minimum atomic E-state index is -0.976. The lowest BCUT2D eigenvalue weighted by Crippen LogP contribution is -1.94. The van der Waals surface area contributed by atoms with E-state index < -0.39 is 5.97 Å². The van der Waals surface area contributed by atoms with Crippen molar-refractivity contribution in [2.45, 2.75) is 6.42 Å². The van der Waals surface area contributed by atoms with E-state index in [1.807, 2.05) is 6.07 Å². The van der Waals surface area contributed by atoms with E-state index in [0.717, 1.165) is 11.3 Å². The van der Waals surface area contributed by atoms with Crippen LogP contribution in [0.25, 0.3) is 0 Å². The fourth-order valence-corrected chi connectivity index (χ4v) is 1.44. The van der Waals surface area contributed by atoms with Crippen LogP contribution in [-0.4, -0.2) is 11.1 Å².